The van der Waals surface area contributed by atoms with Gasteiger partial charge in [0.15, 0.2) is 5.96 Å². The zero-order chi connectivity index (χ0) is 16.1. The summed E-state index contributed by atoms with van der Waals surface area (Å²) < 4.78 is 5.55. The Labute approximate surface area is 154 Å². The second-order valence-corrected chi connectivity index (χ2v) is 5.99. The highest BCUT2D eigenvalue weighted by atomic mass is 127. The van der Waals surface area contributed by atoms with Crippen LogP contribution < -0.4 is 10.6 Å². The van der Waals surface area contributed by atoms with Crippen LogP contribution >= 0.6 is 24.0 Å². The van der Waals surface area contributed by atoms with Crippen LogP contribution in [0.15, 0.2) is 4.99 Å². The molecule has 0 saturated carbocycles. The summed E-state index contributed by atoms with van der Waals surface area (Å²) in [5, 5.41) is 6.66. The van der Waals surface area contributed by atoms with E-state index in [2.05, 4.69) is 55.3 Å². The van der Waals surface area contributed by atoms with Crippen LogP contribution in [0.4, 0.5) is 0 Å². The Bertz CT molecular complexity index is 275. The van der Waals surface area contributed by atoms with Gasteiger partial charge in [-0.05, 0) is 32.7 Å². The first-order valence-electron chi connectivity index (χ1n) is 8.23. The van der Waals surface area contributed by atoms with E-state index in [1.165, 1.54) is 6.42 Å². The molecule has 0 aliphatic heterocycles. The first-order valence-corrected chi connectivity index (χ1v) is 8.23. The Morgan fingerprint density at radius 1 is 1.18 bits per heavy atom. The lowest BCUT2D eigenvalue weighted by Crippen LogP contribution is -2.42. The summed E-state index contributed by atoms with van der Waals surface area (Å²) >= 11 is 0. The molecule has 0 amide bonds. The van der Waals surface area contributed by atoms with E-state index < -0.39 is 0 Å². The molecule has 0 aliphatic rings. The molecular formula is C16H37IN4O. The molecule has 22 heavy (non-hydrogen) atoms. The second kappa shape index (κ2) is 15.8. The minimum atomic E-state index is 0. The first-order chi connectivity index (χ1) is 10.0. The molecule has 5 nitrogen and oxygen atoms in total. The molecule has 0 spiro atoms. The predicted octanol–water partition coefficient (Wildman–Crippen LogP) is 2.56. The van der Waals surface area contributed by atoms with Crippen LogP contribution in [-0.2, 0) is 4.74 Å². The van der Waals surface area contributed by atoms with Gasteiger partial charge in [0.2, 0.25) is 0 Å². The molecule has 0 aromatic heterocycles. The fraction of sp³-hybridized carbons (Fsp3) is 0.938. The smallest absolute Gasteiger partial charge is 0.191 e. The summed E-state index contributed by atoms with van der Waals surface area (Å²) in [6, 6.07) is 0.625. The third kappa shape index (κ3) is 13.6. The summed E-state index contributed by atoms with van der Waals surface area (Å²) in [6.45, 7) is 13.3. The fourth-order valence-electron chi connectivity index (χ4n) is 1.80. The van der Waals surface area contributed by atoms with Crippen molar-refractivity contribution in [3.8, 4) is 0 Å². The number of likely N-dealkylation sites (N-methyl/N-ethyl adjacent to an activating group) is 1. The van der Waals surface area contributed by atoms with Crippen molar-refractivity contribution in [2.45, 2.75) is 46.6 Å². The number of ether oxygens (including phenoxy) is 1. The minimum Gasteiger partial charge on any atom is -0.381 e. The van der Waals surface area contributed by atoms with Gasteiger partial charge < -0.3 is 20.3 Å². The first kappa shape index (κ1) is 24.2. The molecule has 0 rings (SSSR count). The Morgan fingerprint density at radius 3 is 2.36 bits per heavy atom. The van der Waals surface area contributed by atoms with Crippen LogP contribution in [0.2, 0.25) is 0 Å². The van der Waals surface area contributed by atoms with E-state index in [0.717, 1.165) is 45.2 Å². The van der Waals surface area contributed by atoms with Gasteiger partial charge in [-0.1, -0.05) is 20.8 Å². The number of hydrogen-bond donors (Lipinski definition) is 2. The van der Waals surface area contributed by atoms with Crippen LogP contribution in [0.3, 0.4) is 0 Å². The SMILES string of the molecule is CCC(C)N(C)CCNC(=NC)NCCCOCC(C)C.I. The van der Waals surface area contributed by atoms with E-state index in [9.17, 15) is 0 Å². The van der Waals surface area contributed by atoms with Crippen molar-refractivity contribution in [2.24, 2.45) is 10.9 Å². The average Bonchev–Trinajstić information content (AvgIpc) is 2.47. The number of halogens is 1. The van der Waals surface area contributed by atoms with E-state index in [0.29, 0.717) is 12.0 Å². The largest absolute Gasteiger partial charge is 0.381 e. The number of rotatable bonds is 11. The van der Waals surface area contributed by atoms with E-state index in [1.807, 2.05) is 7.05 Å². The van der Waals surface area contributed by atoms with Gasteiger partial charge >= 0.3 is 0 Å². The van der Waals surface area contributed by atoms with E-state index >= 15 is 0 Å². The van der Waals surface area contributed by atoms with Crippen LogP contribution in [0.5, 0.6) is 0 Å². The molecule has 0 bridgehead atoms. The molecule has 0 saturated heterocycles. The van der Waals surface area contributed by atoms with Gasteiger partial charge in [-0.25, -0.2) is 0 Å². The lowest BCUT2D eigenvalue weighted by Gasteiger charge is -2.24. The Morgan fingerprint density at radius 2 is 1.82 bits per heavy atom. The summed E-state index contributed by atoms with van der Waals surface area (Å²) in [5.41, 5.74) is 0. The highest BCUT2D eigenvalue weighted by Crippen LogP contribution is 1.98. The zero-order valence-electron chi connectivity index (χ0n) is 15.3. The van der Waals surface area contributed by atoms with Crippen LogP contribution in [-0.4, -0.2) is 63.8 Å². The summed E-state index contributed by atoms with van der Waals surface area (Å²) in [6.07, 6.45) is 2.18. The van der Waals surface area contributed by atoms with Crippen LogP contribution in [0, 0.1) is 5.92 Å². The van der Waals surface area contributed by atoms with Crippen molar-refractivity contribution < 1.29 is 4.74 Å². The van der Waals surface area contributed by atoms with Crippen LogP contribution in [0.1, 0.15) is 40.5 Å². The van der Waals surface area contributed by atoms with Gasteiger partial charge in [0, 0.05) is 45.9 Å². The molecular weight excluding hydrogens is 391 g/mol. The molecule has 0 aliphatic carbocycles. The van der Waals surface area contributed by atoms with Crippen molar-refractivity contribution in [1.82, 2.24) is 15.5 Å². The molecule has 2 N–H and O–H groups in total. The van der Waals surface area contributed by atoms with E-state index in [4.69, 9.17) is 4.74 Å². The maximum absolute atomic E-state index is 5.55. The Kier molecular flexibility index (Phi) is 17.4. The van der Waals surface area contributed by atoms with Gasteiger partial charge in [-0.15, -0.1) is 24.0 Å². The normalized spacial score (nSPS) is 13.2. The topological polar surface area (TPSA) is 48.9 Å². The summed E-state index contributed by atoms with van der Waals surface area (Å²) in [4.78, 5) is 6.59. The van der Waals surface area contributed by atoms with Crippen molar-refractivity contribution in [3.05, 3.63) is 0 Å². The number of aliphatic imine (C=N–C) groups is 1. The molecule has 0 fully saturated rings. The molecule has 0 aromatic carbocycles. The van der Waals surface area contributed by atoms with E-state index in [-0.39, 0.29) is 24.0 Å². The maximum atomic E-state index is 5.55. The van der Waals surface area contributed by atoms with Crippen molar-refractivity contribution in [2.75, 3.05) is 46.9 Å². The fourth-order valence-corrected chi connectivity index (χ4v) is 1.80. The number of guanidine groups is 1. The highest BCUT2D eigenvalue weighted by Gasteiger charge is 2.06. The second-order valence-electron chi connectivity index (χ2n) is 5.99. The lowest BCUT2D eigenvalue weighted by atomic mass is 10.2. The number of nitrogens with zero attached hydrogens (tertiary/aromatic N) is 2. The van der Waals surface area contributed by atoms with E-state index in [1.54, 1.807) is 0 Å². The Hall–Kier alpha value is -0.0800. The molecule has 0 aromatic rings. The van der Waals surface area contributed by atoms with Gasteiger partial charge in [0.25, 0.3) is 0 Å². The molecule has 134 valence electrons. The third-order valence-corrected chi connectivity index (χ3v) is 3.53. The summed E-state index contributed by atoms with van der Waals surface area (Å²) in [7, 11) is 3.97. The van der Waals surface area contributed by atoms with Gasteiger partial charge in [0.05, 0.1) is 0 Å². The molecule has 6 heteroatoms. The van der Waals surface area contributed by atoms with Gasteiger partial charge in [-0.3, -0.25) is 4.99 Å². The van der Waals surface area contributed by atoms with Crippen molar-refractivity contribution in [1.29, 1.82) is 0 Å². The number of hydrogen-bond acceptors (Lipinski definition) is 3. The number of nitrogens with one attached hydrogen (secondary N) is 2. The summed E-state index contributed by atoms with van der Waals surface area (Å²) in [5.74, 6) is 1.48. The van der Waals surface area contributed by atoms with Gasteiger partial charge in [0.1, 0.15) is 0 Å². The quantitative estimate of drug-likeness (QED) is 0.230. The highest BCUT2D eigenvalue weighted by molar-refractivity contribution is 14.0. The molecule has 0 radical (unpaired) electrons. The standard InChI is InChI=1S/C16H36N4O.HI/c1-7-15(4)20(6)11-10-19-16(17-5)18-9-8-12-21-13-14(2)3;/h14-15H,7-13H2,1-6H3,(H2,17,18,19);1H. The monoisotopic (exact) mass is 428 g/mol. The van der Waals surface area contributed by atoms with Crippen LogP contribution in [0.25, 0.3) is 0 Å². The van der Waals surface area contributed by atoms with Gasteiger partial charge in [-0.2, -0.15) is 0 Å². The van der Waals surface area contributed by atoms with Crippen molar-refractivity contribution in [3.63, 3.8) is 0 Å². The molecule has 1 atom stereocenters. The molecule has 0 heterocycles. The van der Waals surface area contributed by atoms with Crippen molar-refractivity contribution >= 4 is 29.9 Å². The predicted molar refractivity (Wildman–Crippen MR) is 107 cm³/mol. The minimum absolute atomic E-state index is 0. The lowest BCUT2D eigenvalue weighted by molar-refractivity contribution is 0.108. The molecule has 1 unspecified atom stereocenters. The third-order valence-electron chi connectivity index (χ3n) is 3.53. The maximum Gasteiger partial charge on any atom is 0.191 e. The zero-order valence-corrected chi connectivity index (χ0v) is 17.6. The average molecular weight is 428 g/mol. The Balaban J connectivity index is 0.